The summed E-state index contributed by atoms with van der Waals surface area (Å²) in [6.07, 6.45) is 2.24. The predicted octanol–water partition coefficient (Wildman–Crippen LogP) is 2.39. The SMILES string of the molecule is Cc1cc(=O)c(C(=O)N(C)CCc2ccccn2)nn1-c1ccccc1F. The number of benzene rings is 1. The van der Waals surface area contributed by atoms with E-state index in [-0.39, 0.29) is 11.4 Å². The summed E-state index contributed by atoms with van der Waals surface area (Å²) in [6.45, 7) is 2.02. The Hall–Kier alpha value is -3.35. The van der Waals surface area contributed by atoms with Gasteiger partial charge in [0.05, 0.1) is 0 Å². The molecule has 0 aliphatic carbocycles. The third-order valence-corrected chi connectivity index (χ3v) is 4.17. The fourth-order valence-electron chi connectivity index (χ4n) is 2.67. The Morgan fingerprint density at radius 3 is 2.63 bits per heavy atom. The molecule has 0 saturated heterocycles. The molecule has 1 aromatic carbocycles. The standard InChI is InChI=1S/C20H19FN4O2/c1-14-13-18(26)19(23-25(14)17-9-4-3-8-16(17)21)20(27)24(2)12-10-15-7-5-6-11-22-15/h3-9,11,13H,10,12H2,1-2H3. The first kappa shape index (κ1) is 18.4. The van der Waals surface area contributed by atoms with Crippen molar-refractivity contribution in [3.8, 4) is 5.69 Å². The molecule has 0 N–H and O–H groups in total. The molecular weight excluding hydrogens is 347 g/mol. The number of pyridine rings is 1. The molecule has 0 aliphatic heterocycles. The molecule has 1 amide bonds. The zero-order valence-electron chi connectivity index (χ0n) is 15.1. The summed E-state index contributed by atoms with van der Waals surface area (Å²) < 4.78 is 15.4. The number of para-hydroxylation sites is 1. The maximum atomic E-state index is 14.1. The van der Waals surface area contributed by atoms with Crippen LogP contribution in [0.2, 0.25) is 0 Å². The van der Waals surface area contributed by atoms with E-state index in [2.05, 4.69) is 10.1 Å². The second-order valence-electron chi connectivity index (χ2n) is 6.16. The molecule has 0 radical (unpaired) electrons. The van der Waals surface area contributed by atoms with Gasteiger partial charge in [-0.15, -0.1) is 0 Å². The fraction of sp³-hybridized carbons (Fsp3) is 0.200. The molecule has 138 valence electrons. The monoisotopic (exact) mass is 366 g/mol. The lowest BCUT2D eigenvalue weighted by molar-refractivity contribution is 0.0787. The van der Waals surface area contributed by atoms with Crippen LogP contribution in [0.3, 0.4) is 0 Å². The molecular formula is C20H19FN4O2. The Labute approximate surface area is 155 Å². The Morgan fingerprint density at radius 2 is 1.93 bits per heavy atom. The number of halogens is 1. The van der Waals surface area contributed by atoms with Crippen molar-refractivity contribution in [3.05, 3.63) is 87.9 Å². The number of rotatable bonds is 5. The van der Waals surface area contributed by atoms with Gasteiger partial charge in [0.15, 0.2) is 5.69 Å². The minimum absolute atomic E-state index is 0.181. The van der Waals surface area contributed by atoms with Crippen molar-refractivity contribution in [1.29, 1.82) is 0 Å². The second-order valence-corrected chi connectivity index (χ2v) is 6.16. The summed E-state index contributed by atoms with van der Waals surface area (Å²) in [7, 11) is 1.60. The van der Waals surface area contributed by atoms with Crippen LogP contribution in [0, 0.1) is 12.7 Å². The fourth-order valence-corrected chi connectivity index (χ4v) is 2.67. The topological polar surface area (TPSA) is 68.1 Å². The molecule has 0 saturated carbocycles. The molecule has 3 rings (SSSR count). The molecule has 3 aromatic rings. The number of hydrogen-bond acceptors (Lipinski definition) is 4. The number of hydrogen-bond donors (Lipinski definition) is 0. The Morgan fingerprint density at radius 1 is 1.19 bits per heavy atom. The summed E-state index contributed by atoms with van der Waals surface area (Å²) in [4.78, 5) is 30.6. The molecule has 0 aliphatic rings. The third kappa shape index (κ3) is 4.08. The molecule has 7 heteroatoms. The van der Waals surface area contributed by atoms with Gasteiger partial charge in [0.25, 0.3) is 5.91 Å². The van der Waals surface area contributed by atoms with E-state index in [4.69, 9.17) is 0 Å². The molecule has 0 fully saturated rings. The quantitative estimate of drug-likeness (QED) is 0.695. The lowest BCUT2D eigenvalue weighted by Gasteiger charge is -2.17. The lowest BCUT2D eigenvalue weighted by atomic mass is 10.2. The number of nitrogens with zero attached hydrogens (tertiary/aromatic N) is 4. The smallest absolute Gasteiger partial charge is 0.278 e. The highest BCUT2D eigenvalue weighted by Crippen LogP contribution is 2.13. The molecule has 2 heterocycles. The predicted molar refractivity (Wildman–Crippen MR) is 99.4 cm³/mol. The highest BCUT2D eigenvalue weighted by Gasteiger charge is 2.20. The van der Waals surface area contributed by atoms with Crippen molar-refractivity contribution < 1.29 is 9.18 Å². The number of aryl methyl sites for hydroxylation is 1. The van der Waals surface area contributed by atoms with Gasteiger partial charge >= 0.3 is 0 Å². The van der Waals surface area contributed by atoms with Crippen molar-refractivity contribution >= 4 is 5.91 Å². The van der Waals surface area contributed by atoms with Crippen molar-refractivity contribution in [3.63, 3.8) is 0 Å². The van der Waals surface area contributed by atoms with Crippen LogP contribution in [0.25, 0.3) is 5.69 Å². The summed E-state index contributed by atoms with van der Waals surface area (Å²) in [5.41, 5.74) is 0.734. The maximum Gasteiger partial charge on any atom is 0.278 e. The highest BCUT2D eigenvalue weighted by atomic mass is 19.1. The molecule has 0 unspecified atom stereocenters. The number of likely N-dealkylation sites (N-methyl/N-ethyl adjacent to an activating group) is 1. The van der Waals surface area contributed by atoms with Crippen molar-refractivity contribution in [1.82, 2.24) is 19.7 Å². The summed E-state index contributed by atoms with van der Waals surface area (Å²) >= 11 is 0. The van der Waals surface area contributed by atoms with E-state index >= 15 is 0 Å². The number of amides is 1. The van der Waals surface area contributed by atoms with E-state index in [0.717, 1.165) is 5.69 Å². The third-order valence-electron chi connectivity index (χ3n) is 4.17. The van der Waals surface area contributed by atoms with Gasteiger partial charge in [-0.05, 0) is 31.2 Å². The molecule has 0 bridgehead atoms. The Bertz CT molecular complexity index is 1020. The van der Waals surface area contributed by atoms with E-state index in [0.29, 0.717) is 18.7 Å². The first-order valence-corrected chi connectivity index (χ1v) is 8.48. The van der Waals surface area contributed by atoms with Crippen LogP contribution in [0.5, 0.6) is 0 Å². The van der Waals surface area contributed by atoms with Crippen LogP contribution in [0.15, 0.2) is 59.5 Å². The van der Waals surface area contributed by atoms with Crippen molar-refractivity contribution in [2.24, 2.45) is 0 Å². The normalized spacial score (nSPS) is 10.6. The van der Waals surface area contributed by atoms with E-state index in [9.17, 15) is 14.0 Å². The first-order chi connectivity index (χ1) is 13.0. The van der Waals surface area contributed by atoms with Gasteiger partial charge in [-0.3, -0.25) is 14.6 Å². The largest absolute Gasteiger partial charge is 0.340 e. The molecule has 0 atom stereocenters. The number of aromatic nitrogens is 3. The van der Waals surface area contributed by atoms with Crippen LogP contribution >= 0.6 is 0 Å². The van der Waals surface area contributed by atoms with Crippen LogP contribution in [-0.4, -0.2) is 39.2 Å². The van der Waals surface area contributed by atoms with Crippen LogP contribution in [0.1, 0.15) is 21.9 Å². The first-order valence-electron chi connectivity index (χ1n) is 8.48. The van der Waals surface area contributed by atoms with Gasteiger partial charge in [0.1, 0.15) is 11.5 Å². The average Bonchev–Trinajstić information content (AvgIpc) is 2.67. The van der Waals surface area contributed by atoms with Crippen molar-refractivity contribution in [2.75, 3.05) is 13.6 Å². The summed E-state index contributed by atoms with van der Waals surface area (Å²) in [5, 5.41) is 4.14. The highest BCUT2D eigenvalue weighted by molar-refractivity contribution is 5.91. The zero-order chi connectivity index (χ0) is 19.4. The van der Waals surface area contributed by atoms with Gasteiger partial charge in [0.2, 0.25) is 5.43 Å². The second kappa shape index (κ2) is 7.90. The van der Waals surface area contributed by atoms with E-state index in [1.54, 1.807) is 38.4 Å². The number of carbonyl (C=O) groups is 1. The minimum Gasteiger partial charge on any atom is -0.340 e. The van der Waals surface area contributed by atoms with Gasteiger partial charge in [-0.1, -0.05) is 18.2 Å². The number of carbonyl (C=O) groups excluding carboxylic acids is 1. The molecule has 2 aromatic heterocycles. The van der Waals surface area contributed by atoms with Gasteiger partial charge < -0.3 is 4.90 Å². The summed E-state index contributed by atoms with van der Waals surface area (Å²) in [5.74, 6) is -1.00. The summed E-state index contributed by atoms with van der Waals surface area (Å²) in [6, 6.07) is 12.9. The van der Waals surface area contributed by atoms with Gasteiger partial charge in [-0.2, -0.15) is 5.10 Å². The Kier molecular flexibility index (Phi) is 5.40. The molecule has 6 nitrogen and oxygen atoms in total. The minimum atomic E-state index is -0.513. The van der Waals surface area contributed by atoms with Crippen molar-refractivity contribution in [2.45, 2.75) is 13.3 Å². The molecule has 27 heavy (non-hydrogen) atoms. The average molecular weight is 366 g/mol. The van der Waals surface area contributed by atoms with Gasteiger partial charge in [0, 0.05) is 43.7 Å². The van der Waals surface area contributed by atoms with Crippen LogP contribution < -0.4 is 5.43 Å². The van der Waals surface area contributed by atoms with E-state index < -0.39 is 17.2 Å². The Balaban J connectivity index is 1.87. The van der Waals surface area contributed by atoms with E-state index in [1.807, 2.05) is 18.2 Å². The van der Waals surface area contributed by atoms with Crippen LogP contribution in [-0.2, 0) is 6.42 Å². The molecule has 0 spiro atoms. The zero-order valence-corrected chi connectivity index (χ0v) is 15.1. The maximum absolute atomic E-state index is 14.1. The van der Waals surface area contributed by atoms with Crippen LogP contribution in [0.4, 0.5) is 4.39 Å². The lowest BCUT2D eigenvalue weighted by Crippen LogP contribution is -2.35. The van der Waals surface area contributed by atoms with Gasteiger partial charge in [-0.25, -0.2) is 9.07 Å². The van der Waals surface area contributed by atoms with E-state index in [1.165, 1.54) is 21.7 Å².